The number of ether oxygens (including phenoxy) is 1. The number of fused-ring (bicyclic) bond motifs is 1. The molecule has 0 aliphatic carbocycles. The molecule has 2 aliphatic heterocycles. The average Bonchev–Trinajstić information content (AvgIpc) is 3.04. The van der Waals surface area contributed by atoms with E-state index >= 15 is 0 Å². The monoisotopic (exact) mass is 435 g/mol. The zero-order valence-corrected chi connectivity index (χ0v) is 19.6. The lowest BCUT2D eigenvalue weighted by molar-refractivity contribution is -0.127. The fraction of sp³-hybridized carbons (Fsp3) is 0.462. The lowest BCUT2D eigenvalue weighted by Gasteiger charge is -2.40. The summed E-state index contributed by atoms with van der Waals surface area (Å²) >= 11 is 0. The topological polar surface area (TPSA) is 70.7 Å². The highest BCUT2D eigenvalue weighted by atomic mass is 16.5. The quantitative estimate of drug-likeness (QED) is 0.774. The molecule has 2 N–H and O–H groups in total. The molecule has 2 amide bonds. The minimum atomic E-state index is -0.641. The molecule has 2 heterocycles. The molecular formula is C26H33N3O3. The number of benzene rings is 2. The van der Waals surface area contributed by atoms with Crippen molar-refractivity contribution in [3.63, 3.8) is 0 Å². The number of likely N-dealkylation sites (tertiary alicyclic amines) is 1. The van der Waals surface area contributed by atoms with E-state index in [1.807, 2.05) is 57.2 Å². The summed E-state index contributed by atoms with van der Waals surface area (Å²) in [4.78, 5) is 28.7. The lowest BCUT2D eigenvalue weighted by atomic mass is 9.76. The Labute approximate surface area is 190 Å². The summed E-state index contributed by atoms with van der Waals surface area (Å²) in [6.07, 6.45) is 0.637. The molecule has 32 heavy (non-hydrogen) atoms. The van der Waals surface area contributed by atoms with Crippen LogP contribution in [-0.2, 0) is 17.8 Å². The van der Waals surface area contributed by atoms with E-state index in [2.05, 4.69) is 28.5 Å². The van der Waals surface area contributed by atoms with Gasteiger partial charge in [-0.2, -0.15) is 0 Å². The van der Waals surface area contributed by atoms with Gasteiger partial charge in [-0.05, 0) is 51.8 Å². The first kappa shape index (κ1) is 22.3. The highest BCUT2D eigenvalue weighted by molar-refractivity contribution is 5.98. The molecule has 0 aromatic heterocycles. The highest BCUT2D eigenvalue weighted by Crippen LogP contribution is 2.37. The van der Waals surface area contributed by atoms with E-state index in [9.17, 15) is 9.59 Å². The van der Waals surface area contributed by atoms with Crippen molar-refractivity contribution >= 4 is 11.8 Å². The predicted molar refractivity (Wildman–Crippen MR) is 125 cm³/mol. The van der Waals surface area contributed by atoms with E-state index in [0.717, 1.165) is 22.4 Å². The van der Waals surface area contributed by atoms with Gasteiger partial charge in [0.25, 0.3) is 5.91 Å². The van der Waals surface area contributed by atoms with Crippen LogP contribution in [-0.4, -0.2) is 48.0 Å². The molecule has 170 valence electrons. The third kappa shape index (κ3) is 4.37. The van der Waals surface area contributed by atoms with Gasteiger partial charge in [0.05, 0.1) is 18.6 Å². The Hall–Kier alpha value is -2.86. The van der Waals surface area contributed by atoms with Crippen LogP contribution in [0.15, 0.2) is 42.5 Å². The van der Waals surface area contributed by atoms with Crippen LogP contribution in [0.1, 0.15) is 47.8 Å². The minimum absolute atomic E-state index is 0.0177. The van der Waals surface area contributed by atoms with Crippen molar-refractivity contribution in [3.05, 3.63) is 64.7 Å². The van der Waals surface area contributed by atoms with Crippen molar-refractivity contribution in [2.24, 2.45) is 5.92 Å². The van der Waals surface area contributed by atoms with E-state index in [0.29, 0.717) is 31.6 Å². The van der Waals surface area contributed by atoms with Crippen molar-refractivity contribution in [2.45, 2.75) is 51.7 Å². The van der Waals surface area contributed by atoms with Crippen molar-refractivity contribution in [2.75, 3.05) is 20.2 Å². The molecule has 2 aromatic rings. The van der Waals surface area contributed by atoms with Crippen LogP contribution in [0.3, 0.4) is 0 Å². The molecule has 2 atom stereocenters. The van der Waals surface area contributed by atoms with Crippen LogP contribution < -0.4 is 15.4 Å². The Morgan fingerprint density at radius 3 is 2.72 bits per heavy atom. The summed E-state index contributed by atoms with van der Waals surface area (Å²) in [7, 11) is 1.68. The Morgan fingerprint density at radius 2 is 2.00 bits per heavy atom. The first-order valence-electron chi connectivity index (χ1n) is 11.2. The number of rotatable bonds is 4. The van der Waals surface area contributed by atoms with E-state index < -0.39 is 5.54 Å². The van der Waals surface area contributed by atoms with Gasteiger partial charge in [-0.15, -0.1) is 0 Å². The van der Waals surface area contributed by atoms with Gasteiger partial charge in [0.2, 0.25) is 5.91 Å². The second kappa shape index (κ2) is 8.24. The molecule has 0 saturated carbocycles. The van der Waals surface area contributed by atoms with E-state index in [1.54, 1.807) is 7.11 Å². The highest BCUT2D eigenvalue weighted by Gasteiger charge is 2.53. The minimum Gasteiger partial charge on any atom is -0.496 e. The number of methoxy groups -OCH3 is 1. The van der Waals surface area contributed by atoms with Gasteiger partial charge in [0, 0.05) is 36.3 Å². The Kier molecular flexibility index (Phi) is 5.76. The third-order valence-electron chi connectivity index (χ3n) is 6.39. The zero-order valence-electron chi connectivity index (χ0n) is 19.6. The molecule has 0 bridgehead atoms. The Bertz CT molecular complexity index is 1040. The van der Waals surface area contributed by atoms with Crippen molar-refractivity contribution in [3.8, 4) is 5.75 Å². The normalized spacial score (nSPS) is 23.0. The molecule has 1 spiro atoms. The molecule has 2 aromatic carbocycles. The van der Waals surface area contributed by atoms with Crippen LogP contribution in [0.25, 0.3) is 0 Å². The molecular weight excluding hydrogens is 402 g/mol. The molecule has 0 unspecified atom stereocenters. The van der Waals surface area contributed by atoms with Crippen LogP contribution >= 0.6 is 0 Å². The SMILES string of the molecule is COc1ccc(C)cc1CN1C[C@@H](C(=O)NC(C)(C)C)[C@@]2(Cc3ccccc3C(=O)N2)C1. The van der Waals surface area contributed by atoms with Gasteiger partial charge in [-0.1, -0.05) is 35.9 Å². The first-order chi connectivity index (χ1) is 15.1. The fourth-order valence-corrected chi connectivity index (χ4v) is 5.07. The Balaban J connectivity index is 1.67. The number of nitrogens with zero attached hydrogens (tertiary/aromatic N) is 1. The van der Waals surface area contributed by atoms with Crippen LogP contribution in [0.5, 0.6) is 5.75 Å². The van der Waals surface area contributed by atoms with E-state index in [4.69, 9.17) is 4.74 Å². The molecule has 0 radical (unpaired) electrons. The average molecular weight is 436 g/mol. The number of hydrogen-bond acceptors (Lipinski definition) is 4. The van der Waals surface area contributed by atoms with Gasteiger partial charge in [-0.25, -0.2) is 0 Å². The summed E-state index contributed by atoms with van der Waals surface area (Å²) in [5, 5.41) is 6.39. The van der Waals surface area contributed by atoms with E-state index in [1.165, 1.54) is 0 Å². The number of amides is 2. The summed E-state index contributed by atoms with van der Waals surface area (Å²) < 4.78 is 5.58. The summed E-state index contributed by atoms with van der Waals surface area (Å²) in [5.74, 6) is 0.367. The number of aryl methyl sites for hydroxylation is 1. The number of carbonyl (C=O) groups is 2. The maximum atomic E-state index is 13.4. The second-order valence-electron chi connectivity index (χ2n) is 10.2. The van der Waals surface area contributed by atoms with Gasteiger partial charge < -0.3 is 15.4 Å². The van der Waals surface area contributed by atoms with Crippen molar-refractivity contribution in [1.29, 1.82) is 0 Å². The van der Waals surface area contributed by atoms with E-state index in [-0.39, 0.29) is 23.3 Å². The third-order valence-corrected chi connectivity index (χ3v) is 6.39. The van der Waals surface area contributed by atoms with Crippen LogP contribution in [0.4, 0.5) is 0 Å². The molecule has 6 nitrogen and oxygen atoms in total. The maximum Gasteiger partial charge on any atom is 0.252 e. The summed E-state index contributed by atoms with van der Waals surface area (Å²) in [6, 6.07) is 13.8. The molecule has 2 aliphatic rings. The van der Waals surface area contributed by atoms with Crippen molar-refractivity contribution < 1.29 is 14.3 Å². The largest absolute Gasteiger partial charge is 0.496 e. The molecule has 4 rings (SSSR count). The fourth-order valence-electron chi connectivity index (χ4n) is 5.07. The summed E-state index contributed by atoms with van der Waals surface area (Å²) in [5.41, 5.74) is 2.96. The first-order valence-corrected chi connectivity index (χ1v) is 11.2. The molecule has 1 saturated heterocycles. The van der Waals surface area contributed by atoms with Crippen LogP contribution in [0, 0.1) is 12.8 Å². The standard InChI is InChI=1S/C26H33N3O3/c1-17-10-11-22(32-5)19(12-17)14-29-15-21(24(31)27-25(2,3)4)26(16-29)13-18-8-6-7-9-20(18)23(30)28-26/h6-12,21H,13-16H2,1-5H3,(H,27,31)(H,28,30)/t21-,26+/m0/s1. The predicted octanol–water partition coefficient (Wildman–Crippen LogP) is 3.08. The second-order valence-corrected chi connectivity index (χ2v) is 10.2. The van der Waals surface area contributed by atoms with Gasteiger partial charge >= 0.3 is 0 Å². The number of hydrogen-bond donors (Lipinski definition) is 2. The van der Waals surface area contributed by atoms with Gasteiger partial charge in [0.15, 0.2) is 0 Å². The van der Waals surface area contributed by atoms with Gasteiger partial charge in [-0.3, -0.25) is 14.5 Å². The Morgan fingerprint density at radius 1 is 1.25 bits per heavy atom. The van der Waals surface area contributed by atoms with Crippen molar-refractivity contribution in [1.82, 2.24) is 15.5 Å². The summed E-state index contributed by atoms with van der Waals surface area (Å²) in [6.45, 7) is 9.84. The lowest BCUT2D eigenvalue weighted by Crippen LogP contribution is -2.62. The van der Waals surface area contributed by atoms with Crippen LogP contribution in [0.2, 0.25) is 0 Å². The molecule has 1 fully saturated rings. The number of carbonyl (C=O) groups excluding carboxylic acids is 2. The molecule has 6 heteroatoms. The van der Waals surface area contributed by atoms with Gasteiger partial charge in [0.1, 0.15) is 5.75 Å². The maximum absolute atomic E-state index is 13.4. The smallest absolute Gasteiger partial charge is 0.252 e. The zero-order chi connectivity index (χ0) is 23.1. The number of nitrogens with one attached hydrogen (secondary N) is 2.